The first kappa shape index (κ1) is 17.9. The number of methoxy groups -OCH3 is 2. The van der Waals surface area contributed by atoms with Gasteiger partial charge < -0.3 is 19.3 Å². The highest BCUT2D eigenvalue weighted by Crippen LogP contribution is 2.34. The van der Waals surface area contributed by atoms with E-state index in [0.717, 1.165) is 0 Å². The van der Waals surface area contributed by atoms with Crippen molar-refractivity contribution < 1.29 is 19.1 Å². The lowest BCUT2D eigenvalue weighted by molar-refractivity contribution is -0.131. The van der Waals surface area contributed by atoms with E-state index in [9.17, 15) is 9.59 Å². The lowest BCUT2D eigenvalue weighted by atomic mass is 10.2. The number of carbonyl (C=O) groups excluding carboxylic acids is 2. The molecular formula is C17H25N3O4. The van der Waals surface area contributed by atoms with Crippen molar-refractivity contribution in [2.24, 2.45) is 0 Å². The number of benzene rings is 1. The van der Waals surface area contributed by atoms with Gasteiger partial charge in [-0.05, 0) is 26.0 Å². The second-order valence-electron chi connectivity index (χ2n) is 5.46. The summed E-state index contributed by atoms with van der Waals surface area (Å²) < 4.78 is 10.6. The largest absolute Gasteiger partial charge is 0.497 e. The zero-order valence-corrected chi connectivity index (χ0v) is 14.7. The van der Waals surface area contributed by atoms with Crippen LogP contribution in [0.15, 0.2) is 18.2 Å². The molecule has 24 heavy (non-hydrogen) atoms. The van der Waals surface area contributed by atoms with E-state index >= 15 is 0 Å². The van der Waals surface area contributed by atoms with Crippen LogP contribution < -0.4 is 14.4 Å². The SMILES string of the molecule is CCN(CC)C(=O)CN1CCN(c2cc(OC)ccc2OC)C1=O. The highest BCUT2D eigenvalue weighted by Gasteiger charge is 2.33. The molecule has 3 amide bonds. The fraction of sp³-hybridized carbons (Fsp3) is 0.529. The Morgan fingerprint density at radius 1 is 1.17 bits per heavy atom. The highest BCUT2D eigenvalue weighted by atomic mass is 16.5. The average Bonchev–Trinajstić information content (AvgIpc) is 2.96. The number of urea groups is 1. The van der Waals surface area contributed by atoms with Gasteiger partial charge in [0.25, 0.3) is 0 Å². The van der Waals surface area contributed by atoms with Crippen LogP contribution in [-0.2, 0) is 4.79 Å². The topological polar surface area (TPSA) is 62.3 Å². The molecule has 1 aliphatic rings. The molecule has 1 aliphatic heterocycles. The van der Waals surface area contributed by atoms with Crippen LogP contribution in [0.4, 0.5) is 10.5 Å². The minimum absolute atomic E-state index is 0.0344. The predicted molar refractivity (Wildman–Crippen MR) is 91.8 cm³/mol. The van der Waals surface area contributed by atoms with Crippen LogP contribution >= 0.6 is 0 Å². The Hall–Kier alpha value is -2.44. The molecule has 1 heterocycles. The maximum atomic E-state index is 12.7. The van der Waals surface area contributed by atoms with Gasteiger partial charge in [0.1, 0.15) is 18.0 Å². The van der Waals surface area contributed by atoms with Crippen molar-refractivity contribution in [3.8, 4) is 11.5 Å². The van der Waals surface area contributed by atoms with Crippen molar-refractivity contribution in [3.63, 3.8) is 0 Å². The van der Waals surface area contributed by atoms with Gasteiger partial charge in [-0.15, -0.1) is 0 Å². The van der Waals surface area contributed by atoms with Crippen molar-refractivity contribution in [2.75, 3.05) is 51.8 Å². The first-order valence-electron chi connectivity index (χ1n) is 8.11. The van der Waals surface area contributed by atoms with Gasteiger partial charge in [0.2, 0.25) is 5.91 Å². The molecule has 132 valence electrons. The van der Waals surface area contributed by atoms with E-state index in [1.54, 1.807) is 47.1 Å². The van der Waals surface area contributed by atoms with Crippen LogP contribution in [0, 0.1) is 0 Å². The summed E-state index contributed by atoms with van der Waals surface area (Å²) >= 11 is 0. The Balaban J connectivity index is 2.15. The molecule has 1 aromatic rings. The molecule has 0 radical (unpaired) electrons. The molecule has 0 unspecified atom stereocenters. The van der Waals surface area contributed by atoms with Crippen molar-refractivity contribution in [2.45, 2.75) is 13.8 Å². The Kier molecular flexibility index (Phi) is 5.89. The molecule has 7 nitrogen and oxygen atoms in total. The fourth-order valence-corrected chi connectivity index (χ4v) is 2.80. The van der Waals surface area contributed by atoms with Crippen molar-refractivity contribution in [1.29, 1.82) is 0 Å². The molecule has 1 saturated heterocycles. The third-order valence-electron chi connectivity index (χ3n) is 4.21. The number of likely N-dealkylation sites (N-methyl/N-ethyl adjacent to an activating group) is 1. The summed E-state index contributed by atoms with van der Waals surface area (Å²) in [6, 6.07) is 5.13. The van der Waals surface area contributed by atoms with Gasteiger partial charge in [-0.25, -0.2) is 4.79 Å². The first-order chi connectivity index (χ1) is 11.5. The number of nitrogens with zero attached hydrogens (tertiary/aromatic N) is 3. The Morgan fingerprint density at radius 2 is 1.88 bits per heavy atom. The van der Waals surface area contributed by atoms with Crippen LogP contribution in [0.25, 0.3) is 0 Å². The van der Waals surface area contributed by atoms with Crippen LogP contribution in [0.1, 0.15) is 13.8 Å². The minimum Gasteiger partial charge on any atom is -0.497 e. The molecule has 0 atom stereocenters. The third-order valence-corrected chi connectivity index (χ3v) is 4.21. The summed E-state index contributed by atoms with van der Waals surface area (Å²) in [6.07, 6.45) is 0. The number of carbonyl (C=O) groups is 2. The van der Waals surface area contributed by atoms with E-state index in [1.807, 2.05) is 13.8 Å². The predicted octanol–water partition coefficient (Wildman–Crippen LogP) is 1.81. The Bertz CT molecular complexity index is 601. The van der Waals surface area contributed by atoms with Gasteiger partial charge in [0.05, 0.1) is 19.9 Å². The zero-order valence-electron chi connectivity index (χ0n) is 14.7. The molecule has 0 N–H and O–H groups in total. The number of hydrogen-bond acceptors (Lipinski definition) is 4. The number of amides is 3. The van der Waals surface area contributed by atoms with Gasteiger partial charge in [-0.3, -0.25) is 9.69 Å². The van der Waals surface area contributed by atoms with Crippen molar-refractivity contribution >= 4 is 17.6 Å². The smallest absolute Gasteiger partial charge is 0.325 e. The van der Waals surface area contributed by atoms with Crippen LogP contribution in [-0.4, -0.2) is 68.7 Å². The second-order valence-corrected chi connectivity index (χ2v) is 5.46. The molecule has 0 aliphatic carbocycles. The maximum absolute atomic E-state index is 12.7. The average molecular weight is 335 g/mol. The lowest BCUT2D eigenvalue weighted by Crippen LogP contribution is -2.42. The van der Waals surface area contributed by atoms with Crippen LogP contribution in [0.2, 0.25) is 0 Å². The van der Waals surface area contributed by atoms with E-state index in [2.05, 4.69) is 0 Å². The standard InChI is InChI=1S/C17H25N3O4/c1-5-18(6-2)16(21)12-19-9-10-20(17(19)22)14-11-13(23-3)7-8-15(14)24-4/h7-8,11H,5-6,9-10,12H2,1-4H3. The molecule has 2 rings (SSSR count). The molecular weight excluding hydrogens is 310 g/mol. The van der Waals surface area contributed by atoms with Crippen LogP contribution in [0.5, 0.6) is 11.5 Å². The van der Waals surface area contributed by atoms with Crippen LogP contribution in [0.3, 0.4) is 0 Å². The van der Waals surface area contributed by atoms with E-state index in [1.165, 1.54) is 0 Å². The second kappa shape index (κ2) is 7.90. The summed E-state index contributed by atoms with van der Waals surface area (Å²) in [5.74, 6) is 1.21. The normalized spacial score (nSPS) is 14.1. The van der Waals surface area contributed by atoms with Gasteiger partial charge in [-0.2, -0.15) is 0 Å². The molecule has 0 saturated carbocycles. The summed E-state index contributed by atoms with van der Waals surface area (Å²) in [5.41, 5.74) is 0.652. The summed E-state index contributed by atoms with van der Waals surface area (Å²) in [6.45, 7) is 6.26. The van der Waals surface area contributed by atoms with E-state index < -0.39 is 0 Å². The molecule has 1 aromatic carbocycles. The summed E-state index contributed by atoms with van der Waals surface area (Å²) in [5, 5.41) is 0. The molecule has 7 heteroatoms. The van der Waals surface area contributed by atoms with E-state index in [-0.39, 0.29) is 18.5 Å². The first-order valence-corrected chi connectivity index (χ1v) is 8.11. The van der Waals surface area contributed by atoms with E-state index in [0.29, 0.717) is 43.4 Å². The minimum atomic E-state index is -0.193. The number of hydrogen-bond donors (Lipinski definition) is 0. The van der Waals surface area contributed by atoms with Gasteiger partial charge in [0, 0.05) is 32.2 Å². The molecule has 0 bridgehead atoms. The van der Waals surface area contributed by atoms with Crippen molar-refractivity contribution in [3.05, 3.63) is 18.2 Å². The number of anilines is 1. The van der Waals surface area contributed by atoms with Crippen molar-refractivity contribution in [1.82, 2.24) is 9.80 Å². The fourth-order valence-electron chi connectivity index (χ4n) is 2.80. The Morgan fingerprint density at radius 3 is 2.46 bits per heavy atom. The molecule has 0 spiro atoms. The Labute approximate surface area is 142 Å². The molecule has 1 fully saturated rings. The number of ether oxygens (including phenoxy) is 2. The highest BCUT2D eigenvalue weighted by molar-refractivity contribution is 5.97. The van der Waals surface area contributed by atoms with Gasteiger partial charge in [-0.1, -0.05) is 0 Å². The van der Waals surface area contributed by atoms with E-state index in [4.69, 9.17) is 9.47 Å². The molecule has 0 aromatic heterocycles. The quantitative estimate of drug-likeness (QED) is 0.762. The number of rotatable bonds is 7. The summed E-state index contributed by atoms with van der Waals surface area (Å²) in [7, 11) is 3.14. The monoisotopic (exact) mass is 335 g/mol. The van der Waals surface area contributed by atoms with Gasteiger partial charge in [0.15, 0.2) is 0 Å². The third kappa shape index (κ3) is 3.55. The lowest BCUT2D eigenvalue weighted by Gasteiger charge is -2.23. The van der Waals surface area contributed by atoms with Gasteiger partial charge >= 0.3 is 6.03 Å². The summed E-state index contributed by atoms with van der Waals surface area (Å²) in [4.78, 5) is 29.9. The maximum Gasteiger partial charge on any atom is 0.325 e. The zero-order chi connectivity index (χ0) is 17.7.